The average Bonchev–Trinajstić information content (AvgIpc) is 2.96. The molecule has 20 heavy (non-hydrogen) atoms. The van der Waals surface area contributed by atoms with Gasteiger partial charge in [-0.3, -0.25) is 4.79 Å². The molecule has 0 bridgehead atoms. The van der Waals surface area contributed by atoms with Crippen molar-refractivity contribution in [3.05, 3.63) is 21.9 Å². The first-order valence-corrected chi connectivity index (χ1v) is 8.39. The molecule has 0 spiro atoms. The van der Waals surface area contributed by atoms with E-state index >= 15 is 0 Å². The molecule has 1 aromatic rings. The van der Waals surface area contributed by atoms with Crippen LogP contribution in [0.3, 0.4) is 0 Å². The first-order chi connectivity index (χ1) is 9.83. The van der Waals surface area contributed by atoms with E-state index < -0.39 is 0 Å². The monoisotopic (exact) mass is 294 g/mol. The summed E-state index contributed by atoms with van der Waals surface area (Å²) < 4.78 is 5.71. The number of amides is 1. The first kappa shape index (κ1) is 14.0. The van der Waals surface area contributed by atoms with Gasteiger partial charge in [-0.15, -0.1) is 11.3 Å². The van der Waals surface area contributed by atoms with Crippen molar-refractivity contribution >= 4 is 17.2 Å². The van der Waals surface area contributed by atoms with Crippen LogP contribution in [0.1, 0.15) is 42.2 Å². The first-order valence-electron chi connectivity index (χ1n) is 7.51. The molecule has 2 aliphatic rings. The molecule has 2 N–H and O–H groups in total. The van der Waals surface area contributed by atoms with Crippen LogP contribution in [-0.2, 0) is 16.0 Å². The van der Waals surface area contributed by atoms with E-state index in [0.29, 0.717) is 0 Å². The number of piperidine rings is 1. The normalized spacial score (nSPS) is 23.3. The number of rotatable bonds is 4. The maximum atomic E-state index is 12.0. The van der Waals surface area contributed by atoms with Crippen LogP contribution < -0.4 is 10.6 Å². The zero-order valence-corrected chi connectivity index (χ0v) is 12.5. The summed E-state index contributed by atoms with van der Waals surface area (Å²) in [6.45, 7) is 2.18. The summed E-state index contributed by atoms with van der Waals surface area (Å²) >= 11 is 1.80. The lowest BCUT2D eigenvalue weighted by Gasteiger charge is -2.25. The summed E-state index contributed by atoms with van der Waals surface area (Å²) in [5, 5.41) is 8.55. The second-order valence-corrected chi connectivity index (χ2v) is 6.57. The van der Waals surface area contributed by atoms with Gasteiger partial charge in [-0.25, -0.2) is 0 Å². The Morgan fingerprint density at radius 3 is 3.10 bits per heavy atom. The van der Waals surface area contributed by atoms with Crippen LogP contribution in [-0.4, -0.2) is 31.7 Å². The van der Waals surface area contributed by atoms with Gasteiger partial charge in [0.05, 0.1) is 12.1 Å². The highest BCUT2D eigenvalue weighted by atomic mass is 32.1. The molecular weight excluding hydrogens is 272 g/mol. The molecule has 0 radical (unpaired) electrons. The van der Waals surface area contributed by atoms with Gasteiger partial charge >= 0.3 is 0 Å². The molecule has 0 aromatic carbocycles. The quantitative estimate of drug-likeness (QED) is 0.893. The molecule has 1 saturated heterocycles. The predicted molar refractivity (Wildman–Crippen MR) is 80.0 cm³/mol. The molecule has 1 amide bonds. The minimum atomic E-state index is 0.0209. The molecule has 1 unspecified atom stereocenters. The van der Waals surface area contributed by atoms with Gasteiger partial charge in [0, 0.05) is 4.88 Å². The van der Waals surface area contributed by atoms with E-state index in [9.17, 15) is 4.79 Å². The van der Waals surface area contributed by atoms with Crippen molar-refractivity contribution in [2.24, 2.45) is 0 Å². The fraction of sp³-hybridized carbons (Fsp3) is 0.667. The lowest BCUT2D eigenvalue weighted by Crippen LogP contribution is -2.37. The molecule has 0 saturated carbocycles. The van der Waals surface area contributed by atoms with Crippen LogP contribution in [0.15, 0.2) is 11.4 Å². The fourth-order valence-electron chi connectivity index (χ4n) is 3.03. The van der Waals surface area contributed by atoms with Gasteiger partial charge in [0.2, 0.25) is 5.91 Å². The third-order valence-electron chi connectivity index (χ3n) is 4.12. The minimum absolute atomic E-state index is 0.0209. The van der Waals surface area contributed by atoms with Crippen molar-refractivity contribution in [2.75, 3.05) is 19.7 Å². The number of fused-ring (bicyclic) bond motifs is 1. The lowest BCUT2D eigenvalue weighted by atomic mass is 9.94. The standard InChI is InChI=1S/C15H22N2O2S/c18-15(10-19-11-4-7-16-8-5-11)17-13-2-1-3-14-12(13)6-9-20-14/h6,9,11,13,16H,1-5,7-8,10H2,(H,17,18). The van der Waals surface area contributed by atoms with E-state index in [1.54, 1.807) is 11.3 Å². The Bertz CT molecular complexity index is 454. The summed E-state index contributed by atoms with van der Waals surface area (Å²) in [5.41, 5.74) is 1.32. The number of hydrogen-bond donors (Lipinski definition) is 2. The highest BCUT2D eigenvalue weighted by Crippen LogP contribution is 2.33. The number of thiophene rings is 1. The Kier molecular flexibility index (Phi) is 4.70. The molecule has 1 fully saturated rings. The zero-order chi connectivity index (χ0) is 13.8. The summed E-state index contributed by atoms with van der Waals surface area (Å²) in [5.74, 6) is 0.0209. The van der Waals surface area contributed by atoms with Gasteiger partial charge < -0.3 is 15.4 Å². The molecule has 4 nitrogen and oxygen atoms in total. The number of ether oxygens (including phenoxy) is 1. The molecule has 110 valence electrons. The summed E-state index contributed by atoms with van der Waals surface area (Å²) in [6, 6.07) is 2.34. The summed E-state index contributed by atoms with van der Waals surface area (Å²) in [4.78, 5) is 13.5. The number of carbonyl (C=O) groups excluding carboxylic acids is 1. The average molecular weight is 294 g/mol. The van der Waals surface area contributed by atoms with E-state index in [1.165, 1.54) is 10.4 Å². The van der Waals surface area contributed by atoms with E-state index in [0.717, 1.165) is 45.2 Å². The maximum Gasteiger partial charge on any atom is 0.246 e. The van der Waals surface area contributed by atoms with E-state index in [2.05, 4.69) is 22.1 Å². The van der Waals surface area contributed by atoms with Gasteiger partial charge in [-0.2, -0.15) is 0 Å². The number of nitrogens with one attached hydrogen (secondary N) is 2. The summed E-state index contributed by atoms with van der Waals surface area (Å²) in [6.07, 6.45) is 5.61. The van der Waals surface area contributed by atoms with Crippen LogP contribution in [0.25, 0.3) is 0 Å². The Hall–Kier alpha value is -0.910. The minimum Gasteiger partial charge on any atom is -0.368 e. The molecule has 1 aliphatic carbocycles. The predicted octanol–water partition coefficient (Wildman–Crippen LogP) is 2.01. The van der Waals surface area contributed by atoms with Crippen LogP contribution in [0.5, 0.6) is 0 Å². The Balaban J connectivity index is 1.47. The Morgan fingerprint density at radius 1 is 1.40 bits per heavy atom. The maximum absolute atomic E-state index is 12.0. The van der Waals surface area contributed by atoms with Crippen LogP contribution >= 0.6 is 11.3 Å². The van der Waals surface area contributed by atoms with Gasteiger partial charge in [-0.05, 0) is 62.2 Å². The molecule has 1 aromatic heterocycles. The van der Waals surface area contributed by atoms with Gasteiger partial charge in [0.15, 0.2) is 0 Å². The largest absolute Gasteiger partial charge is 0.368 e. The Morgan fingerprint density at radius 2 is 2.25 bits per heavy atom. The fourth-order valence-corrected chi connectivity index (χ4v) is 4.02. The molecule has 2 heterocycles. The second-order valence-electron chi connectivity index (χ2n) is 5.57. The third kappa shape index (κ3) is 3.40. The van der Waals surface area contributed by atoms with Gasteiger partial charge in [0.1, 0.15) is 6.61 Å². The van der Waals surface area contributed by atoms with Crippen LogP contribution in [0.2, 0.25) is 0 Å². The van der Waals surface area contributed by atoms with Crippen molar-refractivity contribution in [2.45, 2.75) is 44.2 Å². The van der Waals surface area contributed by atoms with Gasteiger partial charge in [0.25, 0.3) is 0 Å². The van der Waals surface area contributed by atoms with Crippen LogP contribution in [0, 0.1) is 0 Å². The number of carbonyl (C=O) groups is 1. The highest BCUT2D eigenvalue weighted by molar-refractivity contribution is 7.10. The van der Waals surface area contributed by atoms with E-state index in [1.807, 2.05) is 0 Å². The van der Waals surface area contributed by atoms with Crippen molar-refractivity contribution in [3.8, 4) is 0 Å². The van der Waals surface area contributed by atoms with Crippen molar-refractivity contribution in [3.63, 3.8) is 0 Å². The SMILES string of the molecule is O=C(COC1CCNCC1)NC1CCCc2sccc21. The van der Waals surface area contributed by atoms with Crippen molar-refractivity contribution < 1.29 is 9.53 Å². The second kappa shape index (κ2) is 6.70. The lowest BCUT2D eigenvalue weighted by molar-refractivity contribution is -0.129. The molecule has 1 aliphatic heterocycles. The number of hydrogen-bond acceptors (Lipinski definition) is 4. The van der Waals surface area contributed by atoms with Crippen molar-refractivity contribution in [1.29, 1.82) is 0 Å². The van der Waals surface area contributed by atoms with Crippen LogP contribution in [0.4, 0.5) is 0 Å². The van der Waals surface area contributed by atoms with Gasteiger partial charge in [-0.1, -0.05) is 0 Å². The molecule has 1 atom stereocenters. The highest BCUT2D eigenvalue weighted by Gasteiger charge is 2.23. The van der Waals surface area contributed by atoms with E-state index in [-0.39, 0.29) is 24.7 Å². The summed E-state index contributed by atoms with van der Waals surface area (Å²) in [7, 11) is 0. The van der Waals surface area contributed by atoms with E-state index in [4.69, 9.17) is 4.74 Å². The zero-order valence-electron chi connectivity index (χ0n) is 11.7. The van der Waals surface area contributed by atoms with Crippen molar-refractivity contribution in [1.82, 2.24) is 10.6 Å². The number of aryl methyl sites for hydroxylation is 1. The smallest absolute Gasteiger partial charge is 0.246 e. The third-order valence-corrected chi connectivity index (χ3v) is 5.12. The molecule has 3 rings (SSSR count). The Labute approximate surface area is 123 Å². The molecule has 5 heteroatoms. The molecular formula is C15H22N2O2S. The topological polar surface area (TPSA) is 50.4 Å².